The lowest BCUT2D eigenvalue weighted by molar-refractivity contribution is -0.129. The van der Waals surface area contributed by atoms with Crippen molar-refractivity contribution >= 4 is 23.8 Å². The van der Waals surface area contributed by atoms with Crippen LogP contribution in [-0.2, 0) is 27.3 Å². The second-order valence-corrected chi connectivity index (χ2v) is 11.6. The van der Waals surface area contributed by atoms with Gasteiger partial charge in [-0.25, -0.2) is 4.79 Å². The zero-order valence-electron chi connectivity index (χ0n) is 24.6. The van der Waals surface area contributed by atoms with E-state index in [1.165, 1.54) is 0 Å². The number of hydrogen-bond acceptors (Lipinski definition) is 5. The van der Waals surface area contributed by atoms with E-state index in [1.54, 1.807) is 38.1 Å². The molecule has 0 radical (unpaired) electrons. The molecule has 10 nitrogen and oxygen atoms in total. The van der Waals surface area contributed by atoms with E-state index in [4.69, 9.17) is 0 Å². The van der Waals surface area contributed by atoms with Crippen LogP contribution in [0.4, 0.5) is 4.79 Å². The quantitative estimate of drug-likeness (QED) is 0.237. The summed E-state index contributed by atoms with van der Waals surface area (Å²) >= 11 is 0. The highest BCUT2D eigenvalue weighted by Crippen LogP contribution is 2.17. The summed E-state index contributed by atoms with van der Waals surface area (Å²) in [4.78, 5) is 51.4. The lowest BCUT2D eigenvalue weighted by atomic mass is 9.97. The van der Waals surface area contributed by atoms with Gasteiger partial charge in [-0.05, 0) is 44.2 Å². The first-order valence-electron chi connectivity index (χ1n) is 13.9. The topological polar surface area (TPSA) is 148 Å². The van der Waals surface area contributed by atoms with Crippen LogP contribution < -0.4 is 16.0 Å². The summed E-state index contributed by atoms with van der Waals surface area (Å²) in [7, 11) is 0. The molecule has 2 aromatic rings. The van der Waals surface area contributed by atoms with E-state index in [1.807, 2.05) is 57.2 Å². The SMILES string of the molecule is CC(C)[C@@H](C(=O)N[C@@H](Cc1ccccc1)[C@H](O)CNC(=O)CCC(=O)NC(C)(C)C)N(Cc1ccccc1)C(=O)O. The van der Waals surface area contributed by atoms with Crippen LogP contribution in [0.1, 0.15) is 58.6 Å². The third-order valence-corrected chi connectivity index (χ3v) is 6.37. The van der Waals surface area contributed by atoms with Crippen molar-refractivity contribution in [1.82, 2.24) is 20.9 Å². The zero-order chi connectivity index (χ0) is 30.6. The highest BCUT2D eigenvalue weighted by molar-refractivity contribution is 5.86. The molecule has 0 heterocycles. The van der Waals surface area contributed by atoms with Gasteiger partial charge in [-0.15, -0.1) is 0 Å². The first kappa shape index (κ1) is 33.3. The van der Waals surface area contributed by atoms with Gasteiger partial charge in [-0.2, -0.15) is 0 Å². The Kier molecular flexibility index (Phi) is 12.8. The average Bonchev–Trinajstić information content (AvgIpc) is 2.89. The summed E-state index contributed by atoms with van der Waals surface area (Å²) in [6.07, 6.45) is -2.19. The molecule has 0 saturated carbocycles. The molecular formula is C31H44N4O6. The smallest absolute Gasteiger partial charge is 0.408 e. The molecule has 0 saturated heterocycles. The first-order chi connectivity index (χ1) is 19.3. The van der Waals surface area contributed by atoms with Gasteiger partial charge in [0, 0.05) is 31.5 Å². The van der Waals surface area contributed by atoms with Crippen molar-refractivity contribution in [2.75, 3.05) is 6.54 Å². The summed E-state index contributed by atoms with van der Waals surface area (Å²) in [6, 6.07) is 16.4. The molecular weight excluding hydrogens is 524 g/mol. The van der Waals surface area contributed by atoms with Crippen LogP contribution in [0.15, 0.2) is 60.7 Å². The van der Waals surface area contributed by atoms with Crippen LogP contribution >= 0.6 is 0 Å². The molecule has 0 bridgehead atoms. The van der Waals surface area contributed by atoms with Gasteiger partial charge >= 0.3 is 6.09 Å². The molecule has 0 fully saturated rings. The summed E-state index contributed by atoms with van der Waals surface area (Å²) in [5.41, 5.74) is 1.19. The molecule has 0 aliphatic carbocycles. The maximum atomic E-state index is 13.6. The highest BCUT2D eigenvalue weighted by Gasteiger charge is 2.35. The Balaban J connectivity index is 2.14. The molecule has 0 aromatic heterocycles. The van der Waals surface area contributed by atoms with Crippen molar-refractivity contribution in [1.29, 1.82) is 0 Å². The third-order valence-electron chi connectivity index (χ3n) is 6.37. The number of nitrogens with zero attached hydrogens (tertiary/aromatic N) is 1. The third kappa shape index (κ3) is 12.0. The number of carbonyl (C=O) groups excluding carboxylic acids is 3. The van der Waals surface area contributed by atoms with Crippen molar-refractivity contribution in [2.45, 2.75) is 84.2 Å². The predicted octanol–water partition coefficient (Wildman–Crippen LogP) is 3.09. The number of benzene rings is 2. The summed E-state index contributed by atoms with van der Waals surface area (Å²) < 4.78 is 0. The van der Waals surface area contributed by atoms with Crippen LogP contribution in [0.5, 0.6) is 0 Å². The Morgan fingerprint density at radius 1 is 0.854 bits per heavy atom. The van der Waals surface area contributed by atoms with Crippen LogP contribution in [0.3, 0.4) is 0 Å². The van der Waals surface area contributed by atoms with E-state index < -0.39 is 41.6 Å². The molecule has 224 valence electrons. The fraction of sp³-hybridized carbons (Fsp3) is 0.484. The molecule has 4 amide bonds. The minimum atomic E-state index is -1.23. The fourth-order valence-electron chi connectivity index (χ4n) is 4.45. The van der Waals surface area contributed by atoms with Gasteiger partial charge in [0.1, 0.15) is 6.04 Å². The molecule has 0 unspecified atom stereocenters. The number of hydrogen-bond donors (Lipinski definition) is 5. The normalized spacial score (nSPS) is 13.5. The second-order valence-electron chi connectivity index (χ2n) is 11.6. The highest BCUT2D eigenvalue weighted by atomic mass is 16.4. The Hall–Kier alpha value is -3.92. The maximum Gasteiger partial charge on any atom is 0.408 e. The largest absolute Gasteiger partial charge is 0.465 e. The van der Waals surface area contributed by atoms with Gasteiger partial charge in [0.2, 0.25) is 17.7 Å². The Morgan fingerprint density at radius 2 is 1.39 bits per heavy atom. The molecule has 0 aliphatic heterocycles. The molecule has 5 N–H and O–H groups in total. The van der Waals surface area contributed by atoms with E-state index in [9.17, 15) is 29.4 Å². The van der Waals surface area contributed by atoms with Gasteiger partial charge in [0.25, 0.3) is 0 Å². The van der Waals surface area contributed by atoms with E-state index >= 15 is 0 Å². The number of aliphatic hydroxyl groups excluding tert-OH is 1. The maximum absolute atomic E-state index is 13.6. The van der Waals surface area contributed by atoms with Gasteiger partial charge < -0.3 is 26.2 Å². The molecule has 2 aromatic carbocycles. The van der Waals surface area contributed by atoms with Gasteiger partial charge in [-0.1, -0.05) is 74.5 Å². The van der Waals surface area contributed by atoms with E-state index in [0.717, 1.165) is 16.0 Å². The van der Waals surface area contributed by atoms with Crippen molar-refractivity contribution in [3.63, 3.8) is 0 Å². The number of nitrogens with one attached hydrogen (secondary N) is 3. The number of carboxylic acid groups (broad SMARTS) is 1. The minimum Gasteiger partial charge on any atom is -0.465 e. The Bertz CT molecular complexity index is 1130. The summed E-state index contributed by atoms with van der Waals surface area (Å²) in [6.45, 7) is 8.96. The van der Waals surface area contributed by atoms with E-state index in [-0.39, 0.29) is 44.2 Å². The fourth-order valence-corrected chi connectivity index (χ4v) is 4.45. The van der Waals surface area contributed by atoms with Crippen LogP contribution in [0, 0.1) is 5.92 Å². The van der Waals surface area contributed by atoms with Gasteiger partial charge in [0.05, 0.1) is 12.1 Å². The minimum absolute atomic E-state index is 0.00584. The number of amides is 4. The van der Waals surface area contributed by atoms with Crippen molar-refractivity contribution in [3.05, 3.63) is 71.8 Å². The van der Waals surface area contributed by atoms with Crippen molar-refractivity contribution in [3.8, 4) is 0 Å². The Labute approximate surface area is 242 Å². The van der Waals surface area contributed by atoms with E-state index in [0.29, 0.717) is 0 Å². The van der Waals surface area contributed by atoms with Crippen molar-refractivity contribution < 1.29 is 29.4 Å². The number of rotatable bonds is 14. The van der Waals surface area contributed by atoms with Crippen LogP contribution in [0.25, 0.3) is 0 Å². The molecule has 0 spiro atoms. The second kappa shape index (κ2) is 15.8. The zero-order valence-corrected chi connectivity index (χ0v) is 24.6. The summed E-state index contributed by atoms with van der Waals surface area (Å²) in [5, 5.41) is 29.4. The predicted molar refractivity (Wildman–Crippen MR) is 157 cm³/mol. The van der Waals surface area contributed by atoms with E-state index in [2.05, 4.69) is 16.0 Å². The van der Waals surface area contributed by atoms with Gasteiger partial charge in [-0.3, -0.25) is 19.3 Å². The summed E-state index contributed by atoms with van der Waals surface area (Å²) in [5.74, 6) is -1.55. The first-order valence-corrected chi connectivity index (χ1v) is 13.9. The average molecular weight is 569 g/mol. The lowest BCUT2D eigenvalue weighted by Gasteiger charge is -2.34. The van der Waals surface area contributed by atoms with Gasteiger partial charge in [0.15, 0.2) is 0 Å². The number of aliphatic hydroxyl groups is 1. The molecule has 3 atom stereocenters. The van der Waals surface area contributed by atoms with Crippen molar-refractivity contribution in [2.24, 2.45) is 5.92 Å². The standard InChI is InChI=1S/C31H44N4O6/c1-21(2)28(35(30(40)41)20-23-14-10-7-11-15-23)29(39)33-24(18-22-12-8-6-9-13-22)25(36)19-32-26(37)16-17-27(38)34-31(3,4)5/h6-15,21,24-25,28,36H,16-20H2,1-5H3,(H,32,37)(H,33,39)(H,34,38)(H,40,41)/t24-,25+,28-/m0/s1. The number of carbonyl (C=O) groups is 4. The lowest BCUT2D eigenvalue weighted by Crippen LogP contribution is -2.57. The molecule has 0 aliphatic rings. The van der Waals surface area contributed by atoms with Crippen LogP contribution in [-0.4, -0.2) is 69.2 Å². The molecule has 10 heteroatoms. The monoisotopic (exact) mass is 568 g/mol. The Morgan fingerprint density at radius 3 is 1.90 bits per heavy atom. The molecule has 2 rings (SSSR count). The van der Waals surface area contributed by atoms with Crippen LogP contribution in [0.2, 0.25) is 0 Å². The molecule has 41 heavy (non-hydrogen) atoms.